The third-order valence-corrected chi connectivity index (χ3v) is 5.04. The summed E-state index contributed by atoms with van der Waals surface area (Å²) < 4.78 is 20.3. The number of halogens is 1. The Hall–Kier alpha value is -3.68. The number of nitrogens with zero attached hydrogens (tertiary/aromatic N) is 3. The Morgan fingerprint density at radius 3 is 2.71 bits per heavy atom. The molecule has 0 saturated heterocycles. The van der Waals surface area contributed by atoms with Gasteiger partial charge in [0.1, 0.15) is 17.3 Å². The molecule has 7 nitrogen and oxygen atoms in total. The van der Waals surface area contributed by atoms with E-state index in [0.29, 0.717) is 49.8 Å². The number of para-hydroxylation sites is 2. The minimum absolute atomic E-state index is 0.165. The van der Waals surface area contributed by atoms with Gasteiger partial charge in [-0.1, -0.05) is 24.3 Å². The van der Waals surface area contributed by atoms with Crippen molar-refractivity contribution in [2.45, 2.75) is 26.4 Å². The van der Waals surface area contributed by atoms with Crippen LogP contribution in [0.15, 0.2) is 54.6 Å². The minimum Gasteiger partial charge on any atom is -0.492 e. The molecule has 2 amide bonds. The molecular formula is C23H23FN4O3. The molecule has 0 bridgehead atoms. The number of ether oxygens (including phenoxy) is 1. The summed E-state index contributed by atoms with van der Waals surface area (Å²) in [5.41, 5.74) is 1.91. The summed E-state index contributed by atoms with van der Waals surface area (Å²) in [4.78, 5) is 27.6. The molecule has 0 spiro atoms. The molecular weight excluding hydrogens is 399 g/mol. The maximum absolute atomic E-state index is 13.2. The number of fused-ring (bicyclic) bond motifs is 1. The first-order chi connectivity index (χ1) is 15.0. The van der Waals surface area contributed by atoms with E-state index >= 15 is 0 Å². The lowest BCUT2D eigenvalue weighted by atomic mass is 10.2. The van der Waals surface area contributed by atoms with Gasteiger partial charge in [0.25, 0.3) is 11.8 Å². The molecule has 0 aliphatic carbocycles. The highest BCUT2D eigenvalue weighted by Crippen LogP contribution is 2.24. The molecule has 0 fully saturated rings. The summed E-state index contributed by atoms with van der Waals surface area (Å²) in [6, 6.07) is 14.8. The number of benzene rings is 2. The van der Waals surface area contributed by atoms with E-state index < -0.39 is 5.91 Å². The van der Waals surface area contributed by atoms with Crippen LogP contribution < -0.4 is 10.1 Å². The van der Waals surface area contributed by atoms with E-state index in [2.05, 4.69) is 10.4 Å². The number of rotatable bonds is 6. The Labute approximate surface area is 179 Å². The SMILES string of the molecule is CCOc1ccccc1NC(=O)c1cc2n(n1)CCCN(Cc1ccc(F)cc1)C2=O. The molecule has 8 heteroatoms. The van der Waals surface area contributed by atoms with Crippen molar-refractivity contribution in [2.24, 2.45) is 0 Å². The molecule has 1 aliphatic heterocycles. The largest absolute Gasteiger partial charge is 0.492 e. The number of nitrogens with one attached hydrogen (secondary N) is 1. The van der Waals surface area contributed by atoms with Crippen molar-refractivity contribution in [2.75, 3.05) is 18.5 Å². The van der Waals surface area contributed by atoms with E-state index in [1.165, 1.54) is 18.2 Å². The van der Waals surface area contributed by atoms with Crippen LogP contribution in [0.25, 0.3) is 0 Å². The summed E-state index contributed by atoms with van der Waals surface area (Å²) in [5, 5.41) is 7.16. The van der Waals surface area contributed by atoms with Crippen LogP contribution in [-0.4, -0.2) is 39.6 Å². The predicted molar refractivity (Wildman–Crippen MR) is 114 cm³/mol. The van der Waals surface area contributed by atoms with Gasteiger partial charge in [0.2, 0.25) is 0 Å². The predicted octanol–water partition coefficient (Wildman–Crippen LogP) is 3.72. The Kier molecular flexibility index (Phi) is 5.97. The zero-order chi connectivity index (χ0) is 21.8. The fraction of sp³-hybridized carbons (Fsp3) is 0.261. The summed E-state index contributed by atoms with van der Waals surface area (Å²) in [5.74, 6) is -0.361. The normalized spacial score (nSPS) is 13.5. The number of amides is 2. The van der Waals surface area contributed by atoms with Crippen molar-refractivity contribution in [3.63, 3.8) is 0 Å². The number of hydrogen-bond donors (Lipinski definition) is 1. The zero-order valence-corrected chi connectivity index (χ0v) is 17.2. The molecule has 31 heavy (non-hydrogen) atoms. The summed E-state index contributed by atoms with van der Waals surface area (Å²) in [6.07, 6.45) is 0.704. The smallest absolute Gasteiger partial charge is 0.276 e. The molecule has 1 aromatic heterocycles. The van der Waals surface area contributed by atoms with Crippen LogP contribution >= 0.6 is 0 Å². The monoisotopic (exact) mass is 422 g/mol. The van der Waals surface area contributed by atoms with Crippen molar-refractivity contribution in [3.8, 4) is 5.75 Å². The topological polar surface area (TPSA) is 76.5 Å². The highest BCUT2D eigenvalue weighted by atomic mass is 19.1. The quantitative estimate of drug-likeness (QED) is 0.657. The van der Waals surface area contributed by atoms with E-state index in [1.807, 2.05) is 13.0 Å². The van der Waals surface area contributed by atoms with E-state index in [9.17, 15) is 14.0 Å². The van der Waals surface area contributed by atoms with Gasteiger partial charge in [-0.3, -0.25) is 14.3 Å². The van der Waals surface area contributed by atoms with Crippen LogP contribution in [0.5, 0.6) is 5.75 Å². The van der Waals surface area contributed by atoms with E-state index in [4.69, 9.17) is 4.74 Å². The second-order valence-electron chi connectivity index (χ2n) is 7.23. The van der Waals surface area contributed by atoms with Crippen molar-refractivity contribution in [1.29, 1.82) is 0 Å². The van der Waals surface area contributed by atoms with Gasteiger partial charge in [0.15, 0.2) is 5.69 Å². The van der Waals surface area contributed by atoms with Crippen LogP contribution in [0.3, 0.4) is 0 Å². The molecule has 0 atom stereocenters. The molecule has 1 aliphatic rings. The fourth-order valence-corrected chi connectivity index (χ4v) is 3.54. The first kappa shape index (κ1) is 20.6. The van der Waals surface area contributed by atoms with Gasteiger partial charge in [-0.2, -0.15) is 5.10 Å². The van der Waals surface area contributed by atoms with Gasteiger partial charge >= 0.3 is 0 Å². The first-order valence-corrected chi connectivity index (χ1v) is 10.2. The molecule has 2 aromatic carbocycles. The molecule has 0 radical (unpaired) electrons. The van der Waals surface area contributed by atoms with Crippen molar-refractivity contribution in [3.05, 3.63) is 77.4 Å². The van der Waals surface area contributed by atoms with Crippen molar-refractivity contribution >= 4 is 17.5 Å². The van der Waals surface area contributed by atoms with Crippen LogP contribution in [0.4, 0.5) is 10.1 Å². The van der Waals surface area contributed by atoms with E-state index in [-0.39, 0.29) is 17.4 Å². The van der Waals surface area contributed by atoms with Gasteiger partial charge in [0.05, 0.1) is 12.3 Å². The standard InChI is InChI=1S/C23H23FN4O3/c1-2-31-21-7-4-3-6-18(21)25-22(29)19-14-20-23(30)27(12-5-13-28(20)26-19)15-16-8-10-17(24)11-9-16/h3-4,6-11,14H,2,5,12-13,15H2,1H3,(H,25,29). The maximum Gasteiger partial charge on any atom is 0.276 e. The molecule has 0 saturated carbocycles. The van der Waals surface area contributed by atoms with Gasteiger partial charge in [0, 0.05) is 25.7 Å². The second-order valence-corrected chi connectivity index (χ2v) is 7.23. The molecule has 2 heterocycles. The summed E-state index contributed by atoms with van der Waals surface area (Å²) in [7, 11) is 0. The lowest BCUT2D eigenvalue weighted by Gasteiger charge is -2.20. The number of carbonyl (C=O) groups excluding carboxylic acids is 2. The Balaban J connectivity index is 1.52. The summed E-state index contributed by atoms with van der Waals surface area (Å²) >= 11 is 0. The third-order valence-electron chi connectivity index (χ3n) is 5.04. The van der Waals surface area contributed by atoms with Gasteiger partial charge in [-0.15, -0.1) is 0 Å². The lowest BCUT2D eigenvalue weighted by Crippen LogP contribution is -2.30. The van der Waals surface area contributed by atoms with Crippen molar-refractivity contribution in [1.82, 2.24) is 14.7 Å². The third kappa shape index (κ3) is 4.58. The molecule has 4 rings (SSSR count). The second kappa shape index (κ2) is 8.99. The lowest BCUT2D eigenvalue weighted by molar-refractivity contribution is 0.0745. The highest BCUT2D eigenvalue weighted by molar-refractivity contribution is 6.05. The minimum atomic E-state index is -0.411. The molecule has 3 aromatic rings. The van der Waals surface area contributed by atoms with Gasteiger partial charge in [-0.25, -0.2) is 4.39 Å². The number of hydrogen-bond acceptors (Lipinski definition) is 4. The fourth-order valence-electron chi connectivity index (χ4n) is 3.54. The number of anilines is 1. The van der Waals surface area contributed by atoms with E-state index in [0.717, 1.165) is 5.56 Å². The van der Waals surface area contributed by atoms with Crippen LogP contribution in [-0.2, 0) is 13.1 Å². The maximum atomic E-state index is 13.2. The van der Waals surface area contributed by atoms with Crippen molar-refractivity contribution < 1.29 is 18.7 Å². The van der Waals surface area contributed by atoms with Crippen LogP contribution in [0.2, 0.25) is 0 Å². The van der Waals surface area contributed by atoms with Crippen LogP contribution in [0, 0.1) is 5.82 Å². The van der Waals surface area contributed by atoms with E-state index in [1.54, 1.807) is 39.9 Å². The Morgan fingerprint density at radius 1 is 1.16 bits per heavy atom. The Bertz CT molecular complexity index is 1090. The first-order valence-electron chi connectivity index (χ1n) is 10.2. The molecule has 160 valence electrons. The zero-order valence-electron chi connectivity index (χ0n) is 17.2. The number of carbonyl (C=O) groups is 2. The summed E-state index contributed by atoms with van der Waals surface area (Å²) in [6.45, 7) is 3.80. The van der Waals surface area contributed by atoms with Gasteiger partial charge in [-0.05, 0) is 43.2 Å². The Morgan fingerprint density at radius 2 is 1.94 bits per heavy atom. The average Bonchev–Trinajstić information content (AvgIpc) is 3.14. The molecule has 0 unspecified atom stereocenters. The molecule has 1 N–H and O–H groups in total. The number of aryl methyl sites for hydroxylation is 1. The highest BCUT2D eigenvalue weighted by Gasteiger charge is 2.26. The number of aromatic nitrogens is 2. The van der Waals surface area contributed by atoms with Crippen LogP contribution in [0.1, 0.15) is 39.9 Å². The van der Waals surface area contributed by atoms with Gasteiger partial charge < -0.3 is 15.0 Å². The average molecular weight is 422 g/mol.